The molecule has 1 unspecified atom stereocenters. The highest BCUT2D eigenvalue weighted by Crippen LogP contribution is 2.21. The Bertz CT molecular complexity index is 274. The second-order valence-corrected chi connectivity index (χ2v) is 5.26. The first-order chi connectivity index (χ1) is 8.27. The van der Waals surface area contributed by atoms with Gasteiger partial charge in [-0.3, -0.25) is 4.79 Å². The van der Waals surface area contributed by atoms with Crippen molar-refractivity contribution in [2.45, 2.75) is 39.7 Å². The summed E-state index contributed by atoms with van der Waals surface area (Å²) >= 11 is 0. The van der Waals surface area contributed by atoms with Gasteiger partial charge >= 0.3 is 12.0 Å². The molecule has 0 fully saturated rings. The first-order valence-corrected chi connectivity index (χ1v) is 6.02. The number of ether oxygens (including phenoxy) is 1. The summed E-state index contributed by atoms with van der Waals surface area (Å²) in [6.45, 7) is 6.77. The third kappa shape index (κ3) is 7.89. The number of carbonyl (C=O) groups excluding carboxylic acids is 1. The average molecular weight is 260 g/mol. The van der Waals surface area contributed by atoms with E-state index in [1.165, 1.54) is 0 Å². The van der Waals surface area contributed by atoms with Crippen LogP contribution in [0, 0.1) is 5.41 Å². The van der Waals surface area contributed by atoms with E-state index in [9.17, 15) is 9.59 Å². The predicted molar refractivity (Wildman–Crippen MR) is 68.5 cm³/mol. The van der Waals surface area contributed by atoms with Crippen LogP contribution in [-0.2, 0) is 9.53 Å². The van der Waals surface area contributed by atoms with Gasteiger partial charge in [-0.15, -0.1) is 0 Å². The number of methoxy groups -OCH3 is 1. The van der Waals surface area contributed by atoms with Gasteiger partial charge in [0, 0.05) is 26.3 Å². The SMILES string of the molecule is COCCCNC(=O)NC(CC(=O)O)C(C)(C)C. The summed E-state index contributed by atoms with van der Waals surface area (Å²) in [7, 11) is 1.60. The molecular formula is C12H24N2O4. The molecule has 0 aliphatic carbocycles. The number of carbonyl (C=O) groups is 2. The second-order valence-electron chi connectivity index (χ2n) is 5.26. The molecule has 6 nitrogen and oxygen atoms in total. The normalized spacial score (nSPS) is 12.9. The summed E-state index contributed by atoms with van der Waals surface area (Å²) in [6, 6.07) is -0.746. The molecule has 1 atom stereocenters. The lowest BCUT2D eigenvalue weighted by Crippen LogP contribution is -2.49. The standard InChI is InChI=1S/C12H24N2O4/c1-12(2,3)9(8-10(15)16)14-11(17)13-6-5-7-18-4/h9H,5-8H2,1-4H3,(H,15,16)(H2,13,14,17). The fraction of sp³-hybridized carbons (Fsp3) is 0.833. The Morgan fingerprint density at radius 3 is 2.39 bits per heavy atom. The zero-order chi connectivity index (χ0) is 14.2. The molecular weight excluding hydrogens is 236 g/mol. The molecule has 6 heteroatoms. The largest absolute Gasteiger partial charge is 0.481 e. The molecule has 0 aromatic heterocycles. The van der Waals surface area contributed by atoms with Gasteiger partial charge in [-0.1, -0.05) is 20.8 Å². The fourth-order valence-electron chi connectivity index (χ4n) is 1.38. The van der Waals surface area contributed by atoms with Gasteiger partial charge in [0.25, 0.3) is 0 Å². The van der Waals surface area contributed by atoms with E-state index >= 15 is 0 Å². The molecule has 0 aliphatic heterocycles. The van der Waals surface area contributed by atoms with Crippen LogP contribution in [0.5, 0.6) is 0 Å². The van der Waals surface area contributed by atoms with Gasteiger partial charge in [0.2, 0.25) is 0 Å². The summed E-state index contributed by atoms with van der Waals surface area (Å²) in [5.41, 5.74) is -0.303. The molecule has 0 bridgehead atoms. The van der Waals surface area contributed by atoms with E-state index in [0.717, 1.165) is 6.42 Å². The lowest BCUT2D eigenvalue weighted by Gasteiger charge is -2.30. The molecule has 0 aliphatic rings. The molecule has 0 saturated heterocycles. The summed E-state index contributed by atoms with van der Waals surface area (Å²) < 4.78 is 4.86. The molecule has 0 radical (unpaired) electrons. The Hall–Kier alpha value is -1.30. The Morgan fingerprint density at radius 2 is 1.94 bits per heavy atom. The first kappa shape index (κ1) is 16.7. The number of hydrogen-bond donors (Lipinski definition) is 3. The van der Waals surface area contributed by atoms with Gasteiger partial charge < -0.3 is 20.5 Å². The van der Waals surface area contributed by atoms with Crippen molar-refractivity contribution in [3.8, 4) is 0 Å². The lowest BCUT2D eigenvalue weighted by molar-refractivity contribution is -0.138. The van der Waals surface area contributed by atoms with Crippen molar-refractivity contribution < 1.29 is 19.4 Å². The topological polar surface area (TPSA) is 87.7 Å². The average Bonchev–Trinajstić information content (AvgIpc) is 2.21. The van der Waals surface area contributed by atoms with E-state index in [1.54, 1.807) is 7.11 Å². The van der Waals surface area contributed by atoms with E-state index < -0.39 is 12.0 Å². The van der Waals surface area contributed by atoms with Crippen LogP contribution < -0.4 is 10.6 Å². The fourth-order valence-corrected chi connectivity index (χ4v) is 1.38. The van der Waals surface area contributed by atoms with Crippen LogP contribution in [0.3, 0.4) is 0 Å². The minimum Gasteiger partial charge on any atom is -0.481 e. The molecule has 0 heterocycles. The van der Waals surface area contributed by atoms with Crippen molar-refractivity contribution in [3.63, 3.8) is 0 Å². The van der Waals surface area contributed by atoms with Crippen LogP contribution in [0.2, 0.25) is 0 Å². The molecule has 0 spiro atoms. The van der Waals surface area contributed by atoms with Crippen molar-refractivity contribution in [1.29, 1.82) is 0 Å². The molecule has 3 N–H and O–H groups in total. The highest BCUT2D eigenvalue weighted by atomic mass is 16.5. The highest BCUT2D eigenvalue weighted by Gasteiger charge is 2.28. The number of carboxylic acid groups (broad SMARTS) is 1. The van der Waals surface area contributed by atoms with Gasteiger partial charge in [0.1, 0.15) is 0 Å². The minimum atomic E-state index is -0.922. The maximum Gasteiger partial charge on any atom is 0.315 e. The first-order valence-electron chi connectivity index (χ1n) is 6.02. The molecule has 0 aromatic rings. The molecule has 0 aromatic carbocycles. The monoisotopic (exact) mass is 260 g/mol. The van der Waals surface area contributed by atoms with Crippen molar-refractivity contribution in [3.05, 3.63) is 0 Å². The van der Waals surface area contributed by atoms with Gasteiger partial charge in [-0.25, -0.2) is 4.79 Å². The molecule has 2 amide bonds. The zero-order valence-corrected chi connectivity index (χ0v) is 11.6. The van der Waals surface area contributed by atoms with Crippen LogP contribution in [0.25, 0.3) is 0 Å². The van der Waals surface area contributed by atoms with Crippen molar-refractivity contribution in [1.82, 2.24) is 10.6 Å². The Kier molecular flexibility index (Phi) is 7.35. The lowest BCUT2D eigenvalue weighted by atomic mass is 9.85. The van der Waals surface area contributed by atoms with Crippen LogP contribution in [0.15, 0.2) is 0 Å². The molecule has 0 rings (SSSR count). The Labute approximate surface area is 108 Å². The van der Waals surface area contributed by atoms with Gasteiger partial charge in [0.05, 0.1) is 6.42 Å². The predicted octanol–water partition coefficient (Wildman–Crippen LogP) is 1.21. The number of urea groups is 1. The summed E-state index contributed by atoms with van der Waals surface area (Å²) in [6.07, 6.45) is 0.637. The number of hydrogen-bond acceptors (Lipinski definition) is 3. The summed E-state index contributed by atoms with van der Waals surface area (Å²) in [4.78, 5) is 22.3. The van der Waals surface area contributed by atoms with Crippen LogP contribution >= 0.6 is 0 Å². The van der Waals surface area contributed by atoms with Gasteiger partial charge in [0.15, 0.2) is 0 Å². The third-order valence-electron chi connectivity index (χ3n) is 2.54. The number of rotatable bonds is 7. The Balaban J connectivity index is 4.15. The Morgan fingerprint density at radius 1 is 1.33 bits per heavy atom. The molecule has 18 heavy (non-hydrogen) atoms. The number of amides is 2. The number of carboxylic acids is 1. The maximum absolute atomic E-state index is 11.6. The smallest absolute Gasteiger partial charge is 0.315 e. The second kappa shape index (κ2) is 7.92. The van der Waals surface area contributed by atoms with E-state index in [1.807, 2.05) is 20.8 Å². The van der Waals surface area contributed by atoms with Crippen molar-refractivity contribution in [2.24, 2.45) is 5.41 Å². The van der Waals surface area contributed by atoms with Crippen molar-refractivity contribution >= 4 is 12.0 Å². The minimum absolute atomic E-state index is 0.0883. The zero-order valence-electron chi connectivity index (χ0n) is 11.6. The third-order valence-corrected chi connectivity index (χ3v) is 2.54. The summed E-state index contributed by atoms with van der Waals surface area (Å²) in [5, 5.41) is 14.2. The van der Waals surface area contributed by atoms with E-state index in [2.05, 4.69) is 10.6 Å². The van der Waals surface area contributed by atoms with E-state index in [-0.39, 0.29) is 17.9 Å². The van der Waals surface area contributed by atoms with Crippen molar-refractivity contribution in [2.75, 3.05) is 20.3 Å². The quantitative estimate of drug-likeness (QED) is 0.600. The van der Waals surface area contributed by atoms with E-state index in [4.69, 9.17) is 9.84 Å². The summed E-state index contributed by atoms with van der Waals surface area (Å²) in [5.74, 6) is -0.922. The van der Waals surface area contributed by atoms with Crippen LogP contribution in [0.4, 0.5) is 4.79 Å². The van der Waals surface area contributed by atoms with Gasteiger partial charge in [-0.05, 0) is 11.8 Å². The number of aliphatic carboxylic acids is 1. The van der Waals surface area contributed by atoms with E-state index in [0.29, 0.717) is 13.2 Å². The maximum atomic E-state index is 11.6. The molecule has 0 saturated carbocycles. The molecule has 106 valence electrons. The van der Waals surface area contributed by atoms with Crippen LogP contribution in [-0.4, -0.2) is 43.4 Å². The van der Waals surface area contributed by atoms with Crippen LogP contribution in [0.1, 0.15) is 33.6 Å². The van der Waals surface area contributed by atoms with Gasteiger partial charge in [-0.2, -0.15) is 0 Å². The number of nitrogens with one attached hydrogen (secondary N) is 2. The highest BCUT2D eigenvalue weighted by molar-refractivity contribution is 5.75.